The normalized spacial score (nSPS) is 18.1. The van der Waals surface area contributed by atoms with Crippen LogP contribution >= 0.6 is 0 Å². The van der Waals surface area contributed by atoms with Crippen LogP contribution in [0.25, 0.3) is 10.9 Å². The van der Waals surface area contributed by atoms with Crippen molar-refractivity contribution in [2.24, 2.45) is 5.41 Å². The maximum Gasteiger partial charge on any atom is 0.162 e. The first-order chi connectivity index (χ1) is 17.9. The molecule has 0 fully saturated rings. The fourth-order valence-electron chi connectivity index (χ4n) is 5.73. The highest BCUT2D eigenvalue weighted by Crippen LogP contribution is 2.51. The SMILES string of the molecule is COc1cc([C@@H]2C3=C(CC(C)(C)CC3=O)Nc3ccc4ncccc4c32)ccc1OCc1ccccc1. The van der Waals surface area contributed by atoms with E-state index in [1.807, 2.05) is 54.6 Å². The highest BCUT2D eigenvalue weighted by Gasteiger charge is 2.41. The number of carbonyl (C=O) groups is 1. The van der Waals surface area contributed by atoms with Crippen LogP contribution in [0, 0.1) is 5.41 Å². The molecule has 1 aromatic heterocycles. The second kappa shape index (κ2) is 9.07. The number of ether oxygens (including phenoxy) is 2. The van der Waals surface area contributed by atoms with Crippen molar-refractivity contribution in [2.45, 2.75) is 39.2 Å². The Kier molecular flexibility index (Phi) is 5.71. The van der Waals surface area contributed by atoms with E-state index in [2.05, 4.69) is 42.3 Å². The fraction of sp³-hybridized carbons (Fsp3) is 0.250. The smallest absolute Gasteiger partial charge is 0.162 e. The predicted octanol–water partition coefficient (Wildman–Crippen LogP) is 7.02. The lowest BCUT2D eigenvalue weighted by molar-refractivity contribution is -0.118. The molecule has 6 rings (SSSR count). The second-order valence-corrected chi connectivity index (χ2v) is 10.7. The molecule has 0 bridgehead atoms. The molecule has 0 amide bonds. The Labute approximate surface area is 217 Å². The van der Waals surface area contributed by atoms with Crippen molar-refractivity contribution in [3.63, 3.8) is 0 Å². The van der Waals surface area contributed by atoms with Gasteiger partial charge in [0.25, 0.3) is 0 Å². The summed E-state index contributed by atoms with van der Waals surface area (Å²) >= 11 is 0. The number of ketones is 1. The summed E-state index contributed by atoms with van der Waals surface area (Å²) in [6.07, 6.45) is 3.16. The van der Waals surface area contributed by atoms with Crippen LogP contribution in [-0.2, 0) is 11.4 Å². The van der Waals surface area contributed by atoms with E-state index >= 15 is 0 Å². The molecule has 0 saturated carbocycles. The summed E-state index contributed by atoms with van der Waals surface area (Å²) in [6.45, 7) is 4.77. The summed E-state index contributed by atoms with van der Waals surface area (Å²) in [5.41, 5.74) is 6.89. The number of allylic oxidation sites excluding steroid dienone is 2. The van der Waals surface area contributed by atoms with Crippen molar-refractivity contribution in [1.29, 1.82) is 0 Å². The van der Waals surface area contributed by atoms with Crippen LogP contribution in [-0.4, -0.2) is 17.9 Å². The number of benzene rings is 3. The average Bonchev–Trinajstić information content (AvgIpc) is 2.90. The van der Waals surface area contributed by atoms with Gasteiger partial charge in [0.1, 0.15) is 6.61 Å². The Balaban J connectivity index is 1.48. The summed E-state index contributed by atoms with van der Waals surface area (Å²) < 4.78 is 11.9. The Morgan fingerprint density at radius 3 is 2.62 bits per heavy atom. The number of nitrogens with one attached hydrogen (secondary N) is 1. The van der Waals surface area contributed by atoms with Crippen LogP contribution in [0.3, 0.4) is 0 Å². The average molecular weight is 491 g/mol. The van der Waals surface area contributed by atoms with E-state index in [0.717, 1.165) is 51.0 Å². The largest absolute Gasteiger partial charge is 0.493 e. The molecule has 5 nitrogen and oxygen atoms in total. The molecule has 3 aromatic carbocycles. The van der Waals surface area contributed by atoms with Crippen LogP contribution < -0.4 is 14.8 Å². The number of fused-ring (bicyclic) bond motifs is 3. The van der Waals surface area contributed by atoms with Crippen molar-refractivity contribution < 1.29 is 14.3 Å². The van der Waals surface area contributed by atoms with E-state index in [1.54, 1.807) is 13.3 Å². The molecule has 186 valence electrons. The van der Waals surface area contributed by atoms with Gasteiger partial charge in [-0.05, 0) is 58.9 Å². The van der Waals surface area contributed by atoms with Crippen molar-refractivity contribution in [3.05, 3.63) is 107 Å². The van der Waals surface area contributed by atoms with Crippen molar-refractivity contribution in [2.75, 3.05) is 12.4 Å². The van der Waals surface area contributed by atoms with Gasteiger partial charge in [-0.25, -0.2) is 0 Å². The zero-order valence-corrected chi connectivity index (χ0v) is 21.4. The lowest BCUT2D eigenvalue weighted by atomic mass is 9.68. The van der Waals surface area contributed by atoms with Gasteiger partial charge in [0.15, 0.2) is 17.3 Å². The van der Waals surface area contributed by atoms with Crippen molar-refractivity contribution in [3.8, 4) is 11.5 Å². The summed E-state index contributed by atoms with van der Waals surface area (Å²) in [7, 11) is 1.66. The summed E-state index contributed by atoms with van der Waals surface area (Å²) in [5, 5.41) is 4.68. The second-order valence-electron chi connectivity index (χ2n) is 10.7. The molecular formula is C32H30N2O3. The van der Waals surface area contributed by atoms with Crippen molar-refractivity contribution in [1.82, 2.24) is 4.98 Å². The zero-order valence-electron chi connectivity index (χ0n) is 21.4. The third-order valence-corrected chi connectivity index (χ3v) is 7.37. The van der Waals surface area contributed by atoms with E-state index in [1.165, 1.54) is 0 Å². The molecule has 1 aliphatic carbocycles. The fourth-order valence-corrected chi connectivity index (χ4v) is 5.73. The van der Waals surface area contributed by atoms with E-state index in [4.69, 9.17) is 9.47 Å². The lowest BCUT2D eigenvalue weighted by Crippen LogP contribution is -2.33. The predicted molar refractivity (Wildman–Crippen MR) is 146 cm³/mol. The van der Waals surface area contributed by atoms with Crippen LogP contribution in [0.15, 0.2) is 90.3 Å². The molecule has 37 heavy (non-hydrogen) atoms. The molecule has 4 aromatic rings. The molecule has 1 aliphatic heterocycles. The number of hydrogen-bond donors (Lipinski definition) is 1. The molecule has 0 radical (unpaired) electrons. The van der Waals surface area contributed by atoms with Gasteiger partial charge in [-0.2, -0.15) is 0 Å². The van der Waals surface area contributed by atoms with Gasteiger partial charge >= 0.3 is 0 Å². The van der Waals surface area contributed by atoms with Gasteiger partial charge in [0, 0.05) is 40.9 Å². The third kappa shape index (κ3) is 4.25. The maximum absolute atomic E-state index is 13.7. The molecule has 0 spiro atoms. The highest BCUT2D eigenvalue weighted by molar-refractivity contribution is 6.04. The Hall–Kier alpha value is -4.12. The number of rotatable bonds is 5. The first-order valence-corrected chi connectivity index (χ1v) is 12.7. The first kappa shape index (κ1) is 23.3. The minimum absolute atomic E-state index is 0.0871. The minimum atomic E-state index is -0.222. The van der Waals surface area contributed by atoms with Crippen molar-refractivity contribution >= 4 is 22.4 Å². The Morgan fingerprint density at radius 1 is 0.973 bits per heavy atom. The number of hydrogen-bond acceptors (Lipinski definition) is 5. The summed E-state index contributed by atoms with van der Waals surface area (Å²) in [5.74, 6) is 1.30. The topological polar surface area (TPSA) is 60.5 Å². The maximum atomic E-state index is 13.7. The van der Waals surface area contributed by atoms with E-state index in [9.17, 15) is 4.79 Å². The molecule has 1 atom stereocenters. The number of pyridine rings is 1. The van der Waals surface area contributed by atoms with Gasteiger partial charge in [0.05, 0.1) is 12.6 Å². The zero-order chi connectivity index (χ0) is 25.6. The van der Waals surface area contributed by atoms with Crippen LogP contribution in [0.1, 0.15) is 49.3 Å². The number of methoxy groups -OCH3 is 1. The molecule has 1 N–H and O–H groups in total. The first-order valence-electron chi connectivity index (χ1n) is 12.7. The molecule has 0 unspecified atom stereocenters. The van der Waals surface area contributed by atoms with Gasteiger partial charge in [-0.15, -0.1) is 0 Å². The van der Waals surface area contributed by atoms with Gasteiger partial charge in [-0.1, -0.05) is 56.3 Å². The summed E-state index contributed by atoms with van der Waals surface area (Å²) in [4.78, 5) is 18.3. The van der Waals surface area contributed by atoms with Gasteiger partial charge < -0.3 is 14.8 Å². The minimum Gasteiger partial charge on any atom is -0.493 e. The number of Topliss-reactive ketones (excluding diaryl/α,β-unsaturated/α-hetero) is 1. The van der Waals surface area contributed by atoms with Gasteiger partial charge in [-0.3, -0.25) is 9.78 Å². The standard InChI is InChI=1S/C32H30N2O3/c1-32(2)17-25-31(26(35)18-32)29(30-22-10-7-15-33-23(22)12-13-24(30)34-25)21-11-14-27(28(16-21)36-3)37-19-20-8-5-4-6-9-20/h4-16,29,34H,17-19H2,1-3H3/t29-/m0/s1. The number of carbonyl (C=O) groups excluding carboxylic acids is 1. The van der Waals surface area contributed by atoms with E-state index < -0.39 is 0 Å². The quantitative estimate of drug-likeness (QED) is 0.326. The van der Waals surface area contributed by atoms with E-state index in [0.29, 0.717) is 24.5 Å². The number of aromatic nitrogens is 1. The molecule has 2 aliphatic rings. The third-order valence-electron chi connectivity index (χ3n) is 7.37. The highest BCUT2D eigenvalue weighted by atomic mass is 16.5. The molecule has 0 saturated heterocycles. The molecule has 2 heterocycles. The van der Waals surface area contributed by atoms with Crippen LogP contribution in [0.5, 0.6) is 11.5 Å². The molecular weight excluding hydrogens is 460 g/mol. The Morgan fingerprint density at radius 2 is 1.81 bits per heavy atom. The van der Waals surface area contributed by atoms with Crippen LogP contribution in [0.4, 0.5) is 5.69 Å². The summed E-state index contributed by atoms with van der Waals surface area (Å²) in [6, 6.07) is 24.3. The number of anilines is 1. The van der Waals surface area contributed by atoms with E-state index in [-0.39, 0.29) is 17.1 Å². The van der Waals surface area contributed by atoms with Crippen LogP contribution in [0.2, 0.25) is 0 Å². The van der Waals surface area contributed by atoms with Gasteiger partial charge in [0.2, 0.25) is 0 Å². The lowest BCUT2D eigenvalue weighted by Gasteiger charge is -2.40. The number of nitrogens with zero attached hydrogens (tertiary/aromatic N) is 1. The monoisotopic (exact) mass is 490 g/mol. The Bertz CT molecular complexity index is 1540. The molecule has 5 heteroatoms.